The third-order valence-electron chi connectivity index (χ3n) is 4.02. The van der Waals surface area contributed by atoms with Gasteiger partial charge in [0.2, 0.25) is 21.9 Å². The molecule has 0 bridgehead atoms. The van der Waals surface area contributed by atoms with Gasteiger partial charge in [0.05, 0.1) is 17.7 Å². The van der Waals surface area contributed by atoms with E-state index in [1.54, 1.807) is 13.0 Å². The van der Waals surface area contributed by atoms with E-state index in [9.17, 15) is 13.2 Å². The molecule has 2 unspecified atom stereocenters. The standard InChI is InChI=1S/C15H23ClN4O4S/c1-10-9-13(24-2)18-14(17-10)19-15(21)20-25(22,23)12-8-6-4-3-5-7-11(12)16/h9,11-12H,3-8H2,1-2H3,(H2,17,18,19,20,21). The van der Waals surface area contributed by atoms with Crippen LogP contribution in [0.15, 0.2) is 6.07 Å². The van der Waals surface area contributed by atoms with Crippen molar-refractivity contribution >= 4 is 33.6 Å². The van der Waals surface area contributed by atoms with Crippen LogP contribution in [0.25, 0.3) is 0 Å². The minimum Gasteiger partial charge on any atom is -0.481 e. The van der Waals surface area contributed by atoms with Crippen LogP contribution in [-0.2, 0) is 10.0 Å². The number of amides is 2. The van der Waals surface area contributed by atoms with Crippen LogP contribution in [0.5, 0.6) is 5.88 Å². The Bertz CT molecular complexity index is 713. The number of methoxy groups -OCH3 is 1. The number of sulfonamides is 1. The topological polar surface area (TPSA) is 110 Å². The van der Waals surface area contributed by atoms with Crippen molar-refractivity contribution in [1.82, 2.24) is 14.7 Å². The third-order valence-corrected chi connectivity index (χ3v) is 6.52. The van der Waals surface area contributed by atoms with Crippen molar-refractivity contribution in [1.29, 1.82) is 0 Å². The van der Waals surface area contributed by atoms with Gasteiger partial charge in [0, 0.05) is 11.8 Å². The molecular formula is C15H23ClN4O4S. The SMILES string of the molecule is COc1cc(C)nc(NC(=O)NS(=O)(=O)C2CCCCCCC2Cl)n1. The molecule has 2 atom stereocenters. The zero-order chi connectivity index (χ0) is 18.4. The number of urea groups is 1. The molecule has 0 aliphatic heterocycles. The van der Waals surface area contributed by atoms with Crippen LogP contribution in [0, 0.1) is 6.92 Å². The van der Waals surface area contributed by atoms with E-state index in [1.807, 2.05) is 4.72 Å². The normalized spacial score (nSPS) is 21.7. The number of hydrogen-bond acceptors (Lipinski definition) is 6. The van der Waals surface area contributed by atoms with Crippen LogP contribution in [-0.4, -0.2) is 42.2 Å². The van der Waals surface area contributed by atoms with Crippen molar-refractivity contribution in [2.75, 3.05) is 12.4 Å². The molecule has 8 nitrogen and oxygen atoms in total. The van der Waals surface area contributed by atoms with E-state index in [1.165, 1.54) is 7.11 Å². The smallest absolute Gasteiger partial charge is 0.335 e. The predicted octanol–water partition coefficient (Wildman–Crippen LogP) is 2.58. The molecule has 140 valence electrons. The zero-order valence-electron chi connectivity index (χ0n) is 14.3. The van der Waals surface area contributed by atoms with Crippen molar-refractivity contribution in [3.63, 3.8) is 0 Å². The van der Waals surface area contributed by atoms with Crippen LogP contribution in [0.4, 0.5) is 10.7 Å². The first-order chi connectivity index (χ1) is 11.8. The second-order valence-electron chi connectivity index (χ2n) is 6.02. The summed E-state index contributed by atoms with van der Waals surface area (Å²) >= 11 is 6.26. The summed E-state index contributed by atoms with van der Waals surface area (Å²) in [6.07, 6.45) is 4.74. The Morgan fingerprint density at radius 3 is 2.60 bits per heavy atom. The van der Waals surface area contributed by atoms with Gasteiger partial charge in [-0.05, 0) is 19.8 Å². The van der Waals surface area contributed by atoms with E-state index in [-0.39, 0.29) is 11.8 Å². The number of aromatic nitrogens is 2. The summed E-state index contributed by atoms with van der Waals surface area (Å²) in [5.74, 6) is 0.233. The molecule has 10 heteroatoms. The Morgan fingerprint density at radius 2 is 1.92 bits per heavy atom. The maximum absolute atomic E-state index is 12.5. The lowest BCUT2D eigenvalue weighted by atomic mass is 10.0. The summed E-state index contributed by atoms with van der Waals surface area (Å²) < 4.78 is 32.1. The summed E-state index contributed by atoms with van der Waals surface area (Å²) in [6.45, 7) is 1.70. The van der Waals surface area contributed by atoms with Crippen molar-refractivity contribution in [2.45, 2.75) is 56.1 Å². The number of anilines is 1. The highest BCUT2D eigenvalue weighted by molar-refractivity contribution is 7.90. The Morgan fingerprint density at radius 1 is 1.24 bits per heavy atom. The molecule has 2 rings (SSSR count). The van der Waals surface area contributed by atoms with Gasteiger partial charge in [0.1, 0.15) is 0 Å². The van der Waals surface area contributed by atoms with Crippen LogP contribution in [0.3, 0.4) is 0 Å². The van der Waals surface area contributed by atoms with Gasteiger partial charge in [0.15, 0.2) is 0 Å². The van der Waals surface area contributed by atoms with Gasteiger partial charge >= 0.3 is 6.03 Å². The van der Waals surface area contributed by atoms with Gasteiger partial charge in [-0.2, -0.15) is 4.98 Å². The third kappa shape index (κ3) is 5.71. The first-order valence-electron chi connectivity index (χ1n) is 8.18. The largest absolute Gasteiger partial charge is 0.481 e. The van der Waals surface area contributed by atoms with E-state index in [4.69, 9.17) is 16.3 Å². The maximum atomic E-state index is 12.5. The van der Waals surface area contributed by atoms with E-state index in [0.29, 0.717) is 18.5 Å². The molecular weight excluding hydrogens is 368 g/mol. The second kappa shape index (κ2) is 8.66. The van der Waals surface area contributed by atoms with Crippen LogP contribution >= 0.6 is 11.6 Å². The van der Waals surface area contributed by atoms with Gasteiger partial charge < -0.3 is 4.74 Å². The lowest BCUT2D eigenvalue weighted by Gasteiger charge is -2.24. The Kier molecular flexibility index (Phi) is 6.83. The lowest BCUT2D eigenvalue weighted by Crippen LogP contribution is -2.44. The van der Waals surface area contributed by atoms with E-state index < -0.39 is 26.7 Å². The quantitative estimate of drug-likeness (QED) is 0.764. The number of hydrogen-bond donors (Lipinski definition) is 2. The number of carbonyl (C=O) groups excluding carboxylic acids is 1. The second-order valence-corrected chi connectivity index (χ2v) is 8.48. The average Bonchev–Trinajstić information content (AvgIpc) is 2.49. The van der Waals surface area contributed by atoms with E-state index >= 15 is 0 Å². The number of alkyl halides is 1. The fourth-order valence-electron chi connectivity index (χ4n) is 2.79. The van der Waals surface area contributed by atoms with Crippen molar-refractivity contribution in [3.05, 3.63) is 11.8 Å². The average molecular weight is 391 g/mol. The summed E-state index contributed by atoms with van der Waals surface area (Å²) in [7, 11) is -2.46. The van der Waals surface area contributed by atoms with Crippen LogP contribution < -0.4 is 14.8 Å². The molecule has 0 spiro atoms. The summed E-state index contributed by atoms with van der Waals surface area (Å²) in [4.78, 5) is 20.1. The number of halogens is 1. The number of aryl methyl sites for hydroxylation is 1. The molecule has 0 radical (unpaired) electrons. The van der Waals surface area contributed by atoms with Crippen LogP contribution in [0.2, 0.25) is 0 Å². The number of ether oxygens (including phenoxy) is 1. The molecule has 1 saturated carbocycles. The molecule has 1 aromatic heterocycles. The summed E-state index contributed by atoms with van der Waals surface area (Å²) in [6, 6.07) is 0.672. The molecule has 1 aromatic rings. The Hall–Kier alpha value is -1.61. The monoisotopic (exact) mass is 390 g/mol. The Labute approximate surface area is 152 Å². The number of carbonyl (C=O) groups is 1. The maximum Gasteiger partial charge on any atom is 0.335 e. The minimum absolute atomic E-state index is 0.0374. The van der Waals surface area contributed by atoms with Gasteiger partial charge in [0.25, 0.3) is 0 Å². The first kappa shape index (κ1) is 19.7. The molecule has 0 saturated heterocycles. The molecule has 2 N–H and O–H groups in total. The highest BCUT2D eigenvalue weighted by Gasteiger charge is 2.34. The van der Waals surface area contributed by atoms with Crippen molar-refractivity contribution in [2.24, 2.45) is 0 Å². The fraction of sp³-hybridized carbons (Fsp3) is 0.667. The van der Waals surface area contributed by atoms with E-state index in [0.717, 1.165) is 25.7 Å². The van der Waals surface area contributed by atoms with Crippen molar-refractivity contribution < 1.29 is 17.9 Å². The molecule has 1 aliphatic carbocycles. The summed E-state index contributed by atoms with van der Waals surface area (Å²) in [5, 5.41) is 1.01. The van der Waals surface area contributed by atoms with E-state index in [2.05, 4.69) is 15.3 Å². The fourth-order valence-corrected chi connectivity index (χ4v) is 4.94. The highest BCUT2D eigenvalue weighted by atomic mass is 35.5. The molecule has 0 aromatic carbocycles. The zero-order valence-corrected chi connectivity index (χ0v) is 15.9. The van der Waals surface area contributed by atoms with Crippen molar-refractivity contribution in [3.8, 4) is 5.88 Å². The van der Waals surface area contributed by atoms with Gasteiger partial charge in [-0.1, -0.05) is 25.7 Å². The Balaban J connectivity index is 2.06. The molecule has 2 amide bonds. The number of rotatable bonds is 4. The highest BCUT2D eigenvalue weighted by Crippen LogP contribution is 2.26. The van der Waals surface area contributed by atoms with Crippen LogP contribution in [0.1, 0.15) is 44.2 Å². The van der Waals surface area contributed by atoms with Gasteiger partial charge in [-0.25, -0.2) is 22.9 Å². The lowest BCUT2D eigenvalue weighted by molar-refractivity contribution is 0.256. The predicted molar refractivity (Wildman–Crippen MR) is 95.5 cm³/mol. The number of nitrogens with zero attached hydrogens (tertiary/aromatic N) is 2. The molecule has 1 heterocycles. The number of nitrogens with one attached hydrogen (secondary N) is 2. The molecule has 1 aliphatic rings. The molecule has 1 fully saturated rings. The first-order valence-corrected chi connectivity index (χ1v) is 10.2. The molecule has 25 heavy (non-hydrogen) atoms. The summed E-state index contributed by atoms with van der Waals surface area (Å²) in [5.41, 5.74) is 0.575. The van der Waals surface area contributed by atoms with Gasteiger partial charge in [-0.3, -0.25) is 5.32 Å². The minimum atomic E-state index is -3.90. The van der Waals surface area contributed by atoms with Gasteiger partial charge in [-0.15, -0.1) is 11.6 Å².